The average Bonchev–Trinajstić information content (AvgIpc) is 3.13. The van der Waals surface area contributed by atoms with E-state index in [2.05, 4.69) is 34.5 Å². The molecule has 3 aromatic rings. The largest absolute Gasteiger partial charge is 0.416 e. The van der Waals surface area contributed by atoms with Crippen LogP contribution in [0.5, 0.6) is 0 Å². The predicted molar refractivity (Wildman–Crippen MR) is 109 cm³/mol. The molecule has 2 aromatic carbocycles. The van der Waals surface area contributed by atoms with Crippen molar-refractivity contribution in [3.63, 3.8) is 0 Å². The minimum Gasteiger partial charge on any atom is -0.416 e. The number of hydrogen-bond acceptors (Lipinski definition) is 3. The molecule has 1 aromatic heterocycles. The molecule has 0 spiro atoms. The van der Waals surface area contributed by atoms with Gasteiger partial charge in [0.15, 0.2) is 0 Å². The van der Waals surface area contributed by atoms with E-state index in [1.165, 1.54) is 0 Å². The van der Waals surface area contributed by atoms with Crippen molar-refractivity contribution in [2.45, 2.75) is 10.7 Å². The third-order valence-corrected chi connectivity index (χ3v) is 4.08. The maximum absolute atomic E-state index is 5.74. The lowest BCUT2D eigenvalue weighted by Crippen LogP contribution is -1.99. The predicted octanol–water partition coefficient (Wildman–Crippen LogP) is 6.63. The molecule has 0 atom stereocenters. The highest BCUT2D eigenvalue weighted by molar-refractivity contribution is 6.66. The van der Waals surface area contributed by atoms with Crippen molar-refractivity contribution in [1.82, 2.24) is 10.2 Å². The van der Waals surface area contributed by atoms with Gasteiger partial charge in [0.05, 0.1) is 0 Å². The molecule has 6 heteroatoms. The first-order valence-corrected chi connectivity index (χ1v) is 8.98. The maximum Gasteiger partial charge on any atom is 0.268 e. The number of allylic oxidation sites excluding steroid dienone is 1. The topological polar surface area (TPSA) is 38.9 Å². The zero-order valence-corrected chi connectivity index (χ0v) is 16.1. The number of alkyl halides is 3. The Kier molecular flexibility index (Phi) is 5.82. The second kappa shape index (κ2) is 8.09. The molecule has 0 N–H and O–H groups in total. The summed E-state index contributed by atoms with van der Waals surface area (Å²) in [5.74, 6) is 0.269. The second-order valence-electron chi connectivity index (χ2n) is 5.65. The first kappa shape index (κ1) is 18.7. The Morgan fingerprint density at radius 3 is 2.00 bits per heavy atom. The van der Waals surface area contributed by atoms with Crippen LogP contribution in [0.1, 0.15) is 35.4 Å². The van der Waals surface area contributed by atoms with Crippen LogP contribution in [0.2, 0.25) is 0 Å². The van der Waals surface area contributed by atoms with E-state index in [9.17, 15) is 0 Å². The van der Waals surface area contributed by atoms with Gasteiger partial charge in [-0.25, -0.2) is 0 Å². The van der Waals surface area contributed by atoms with Gasteiger partial charge in [-0.1, -0.05) is 102 Å². The van der Waals surface area contributed by atoms with Gasteiger partial charge in [0.25, 0.3) is 9.68 Å². The van der Waals surface area contributed by atoms with E-state index in [0.29, 0.717) is 5.89 Å². The number of rotatable bonds is 4. The summed E-state index contributed by atoms with van der Waals surface area (Å²) in [4.78, 5) is 0. The molecule has 132 valence electrons. The van der Waals surface area contributed by atoms with Gasteiger partial charge in [0, 0.05) is 5.57 Å². The van der Waals surface area contributed by atoms with Crippen molar-refractivity contribution in [3.8, 4) is 0 Å². The molecule has 0 bridgehead atoms. The molecule has 0 saturated heterocycles. The van der Waals surface area contributed by atoms with E-state index < -0.39 is 3.79 Å². The third kappa shape index (κ3) is 4.98. The van der Waals surface area contributed by atoms with Crippen LogP contribution < -0.4 is 0 Å². The lowest BCUT2D eigenvalue weighted by Gasteiger charge is -2.02. The smallest absolute Gasteiger partial charge is 0.268 e. The highest BCUT2D eigenvalue weighted by Gasteiger charge is 2.30. The molecule has 1 heterocycles. The van der Waals surface area contributed by atoms with Crippen molar-refractivity contribution in [2.75, 3.05) is 0 Å². The summed E-state index contributed by atoms with van der Waals surface area (Å²) < 4.78 is 3.67. The Balaban J connectivity index is 1.73. The number of aromatic nitrogens is 2. The van der Waals surface area contributed by atoms with Crippen molar-refractivity contribution < 1.29 is 4.42 Å². The van der Waals surface area contributed by atoms with Crippen LogP contribution in [0.3, 0.4) is 0 Å². The summed E-state index contributed by atoms with van der Waals surface area (Å²) in [5.41, 5.74) is 4.06. The van der Waals surface area contributed by atoms with Crippen LogP contribution in [0, 0.1) is 0 Å². The van der Waals surface area contributed by atoms with Crippen LogP contribution in [0.25, 0.3) is 23.8 Å². The molecule has 0 amide bonds. The molecule has 0 aliphatic carbocycles. The normalized spacial score (nSPS) is 12.7. The highest BCUT2D eigenvalue weighted by Crippen LogP contribution is 2.37. The van der Waals surface area contributed by atoms with Crippen LogP contribution in [0.4, 0.5) is 0 Å². The first-order valence-electron chi connectivity index (χ1n) is 7.84. The quantitative estimate of drug-likeness (QED) is 0.361. The van der Waals surface area contributed by atoms with E-state index in [-0.39, 0.29) is 5.89 Å². The highest BCUT2D eigenvalue weighted by atomic mass is 35.6. The SMILES string of the molecule is CC(=Cc1ccc(C=Cc2ccccc2)cc1)c1nnc(C(Cl)(Cl)Cl)o1. The number of benzene rings is 2. The van der Waals surface area contributed by atoms with Gasteiger partial charge in [-0.15, -0.1) is 10.2 Å². The van der Waals surface area contributed by atoms with E-state index in [1.807, 2.05) is 55.5 Å². The lowest BCUT2D eigenvalue weighted by molar-refractivity contribution is 0.490. The van der Waals surface area contributed by atoms with Gasteiger partial charge in [-0.3, -0.25) is 0 Å². The summed E-state index contributed by atoms with van der Waals surface area (Å²) >= 11 is 17.2. The summed E-state index contributed by atoms with van der Waals surface area (Å²) in [7, 11) is 0. The number of halogens is 3. The summed E-state index contributed by atoms with van der Waals surface area (Å²) in [6.45, 7) is 1.86. The minimum atomic E-state index is -1.72. The first-order chi connectivity index (χ1) is 12.4. The molecular weight excluding hydrogens is 391 g/mol. The van der Waals surface area contributed by atoms with E-state index in [1.54, 1.807) is 0 Å². The molecule has 0 unspecified atom stereocenters. The average molecular weight is 406 g/mol. The zero-order valence-electron chi connectivity index (χ0n) is 13.9. The van der Waals surface area contributed by atoms with Crippen molar-refractivity contribution >= 4 is 58.6 Å². The Morgan fingerprint density at radius 1 is 0.846 bits per heavy atom. The van der Waals surface area contributed by atoms with Crippen LogP contribution in [0.15, 0.2) is 59.0 Å². The lowest BCUT2D eigenvalue weighted by atomic mass is 10.1. The molecule has 0 aliphatic heterocycles. The minimum absolute atomic E-state index is 0.0494. The van der Waals surface area contributed by atoms with Gasteiger partial charge in [-0.2, -0.15) is 0 Å². The maximum atomic E-state index is 5.74. The monoisotopic (exact) mass is 404 g/mol. The molecular formula is C20H15Cl3N2O. The van der Waals surface area contributed by atoms with Gasteiger partial charge < -0.3 is 4.42 Å². The number of nitrogens with zero attached hydrogens (tertiary/aromatic N) is 2. The van der Waals surface area contributed by atoms with Gasteiger partial charge >= 0.3 is 0 Å². The zero-order chi connectivity index (χ0) is 18.6. The van der Waals surface area contributed by atoms with Crippen LogP contribution >= 0.6 is 34.8 Å². The summed E-state index contributed by atoms with van der Waals surface area (Å²) in [6, 6.07) is 18.3. The molecule has 3 rings (SSSR count). The Morgan fingerprint density at radius 2 is 1.42 bits per heavy atom. The Hall–Kier alpha value is -2.07. The van der Waals surface area contributed by atoms with Crippen molar-refractivity contribution in [1.29, 1.82) is 0 Å². The molecule has 0 radical (unpaired) electrons. The molecule has 0 aliphatic rings. The van der Waals surface area contributed by atoms with Gasteiger partial charge in [0.1, 0.15) is 0 Å². The summed E-state index contributed by atoms with van der Waals surface area (Å²) in [6.07, 6.45) is 6.08. The van der Waals surface area contributed by atoms with E-state index >= 15 is 0 Å². The molecule has 3 nitrogen and oxygen atoms in total. The fraction of sp³-hybridized carbons (Fsp3) is 0.100. The third-order valence-electron chi connectivity index (χ3n) is 3.59. The van der Waals surface area contributed by atoms with Gasteiger partial charge in [-0.05, 0) is 29.7 Å². The van der Waals surface area contributed by atoms with E-state index in [0.717, 1.165) is 22.3 Å². The van der Waals surface area contributed by atoms with Crippen molar-refractivity contribution in [2.24, 2.45) is 0 Å². The number of hydrogen-bond donors (Lipinski definition) is 0. The Labute approximate surface area is 166 Å². The molecule has 0 fully saturated rings. The fourth-order valence-corrected chi connectivity index (χ4v) is 2.50. The standard InChI is InChI=1S/C20H15Cl3N2O/c1-14(18-24-25-19(26-18)20(21,22)23)13-17-11-9-16(10-12-17)8-7-15-5-3-2-4-6-15/h2-13H,1H3. The fourth-order valence-electron chi connectivity index (χ4n) is 2.27. The van der Waals surface area contributed by atoms with Crippen LogP contribution in [-0.4, -0.2) is 10.2 Å². The molecule has 26 heavy (non-hydrogen) atoms. The molecule has 0 saturated carbocycles. The van der Waals surface area contributed by atoms with Crippen LogP contribution in [-0.2, 0) is 3.79 Å². The van der Waals surface area contributed by atoms with Crippen molar-refractivity contribution in [3.05, 3.63) is 83.1 Å². The summed E-state index contributed by atoms with van der Waals surface area (Å²) in [5, 5.41) is 7.66. The second-order valence-corrected chi connectivity index (χ2v) is 7.93. The van der Waals surface area contributed by atoms with E-state index in [4.69, 9.17) is 39.2 Å². The van der Waals surface area contributed by atoms with Gasteiger partial charge in [0.2, 0.25) is 5.89 Å². The Bertz CT molecular complexity index is 924.